The van der Waals surface area contributed by atoms with Gasteiger partial charge >= 0.3 is 5.97 Å². The van der Waals surface area contributed by atoms with Crippen molar-refractivity contribution in [3.63, 3.8) is 0 Å². The van der Waals surface area contributed by atoms with E-state index in [0.29, 0.717) is 10.7 Å². The summed E-state index contributed by atoms with van der Waals surface area (Å²) in [6.07, 6.45) is 1.49. The Hall–Kier alpha value is -3.50. The Morgan fingerprint density at radius 2 is 1.90 bits per heavy atom. The quantitative estimate of drug-likeness (QED) is 0.338. The van der Waals surface area contributed by atoms with Crippen LogP contribution in [0.2, 0.25) is 0 Å². The van der Waals surface area contributed by atoms with Crippen LogP contribution in [0, 0.1) is 17.1 Å². The summed E-state index contributed by atoms with van der Waals surface area (Å²) in [7, 11) is 3.87. The SMILES string of the molecule is CN(C)c1ccc(C=C(C#N)C(=O)OCc2csc(-c3ccc(F)cc3)n2)cc1. The first-order valence-electron chi connectivity index (χ1n) is 8.73. The zero-order valence-electron chi connectivity index (χ0n) is 15.9. The van der Waals surface area contributed by atoms with E-state index in [-0.39, 0.29) is 18.0 Å². The maximum atomic E-state index is 13.0. The zero-order valence-corrected chi connectivity index (χ0v) is 16.7. The first-order valence-corrected chi connectivity index (χ1v) is 9.61. The van der Waals surface area contributed by atoms with Crippen LogP contribution >= 0.6 is 11.3 Å². The number of anilines is 1. The Labute approximate surface area is 172 Å². The van der Waals surface area contributed by atoms with E-state index >= 15 is 0 Å². The van der Waals surface area contributed by atoms with Gasteiger partial charge in [-0.25, -0.2) is 14.2 Å². The van der Waals surface area contributed by atoms with E-state index in [4.69, 9.17) is 4.74 Å². The molecule has 0 unspecified atom stereocenters. The van der Waals surface area contributed by atoms with E-state index in [1.54, 1.807) is 17.5 Å². The van der Waals surface area contributed by atoms with Crippen LogP contribution in [0.5, 0.6) is 0 Å². The molecule has 146 valence electrons. The summed E-state index contributed by atoms with van der Waals surface area (Å²) in [4.78, 5) is 18.6. The number of thiazole rings is 1. The fraction of sp³-hybridized carbons (Fsp3) is 0.136. The van der Waals surface area contributed by atoms with Crippen molar-refractivity contribution >= 4 is 29.1 Å². The lowest BCUT2D eigenvalue weighted by molar-refractivity contribution is -0.139. The minimum Gasteiger partial charge on any atom is -0.455 e. The number of aromatic nitrogens is 1. The molecule has 0 fully saturated rings. The molecule has 0 amide bonds. The molecule has 0 aliphatic carbocycles. The highest BCUT2D eigenvalue weighted by Gasteiger charge is 2.13. The second kappa shape index (κ2) is 9.13. The van der Waals surface area contributed by atoms with E-state index < -0.39 is 5.97 Å². The molecule has 0 saturated heterocycles. The molecule has 5 nitrogen and oxygen atoms in total. The topological polar surface area (TPSA) is 66.2 Å². The smallest absolute Gasteiger partial charge is 0.349 e. The van der Waals surface area contributed by atoms with Gasteiger partial charge in [-0.2, -0.15) is 5.26 Å². The molecule has 7 heteroatoms. The van der Waals surface area contributed by atoms with Gasteiger partial charge in [0.15, 0.2) is 0 Å². The number of rotatable bonds is 6. The fourth-order valence-electron chi connectivity index (χ4n) is 2.49. The molecule has 29 heavy (non-hydrogen) atoms. The van der Waals surface area contributed by atoms with Crippen LogP contribution in [-0.4, -0.2) is 25.0 Å². The number of carbonyl (C=O) groups is 1. The molecule has 0 radical (unpaired) electrons. The minimum atomic E-state index is -0.708. The molecule has 0 atom stereocenters. The van der Waals surface area contributed by atoms with Crippen molar-refractivity contribution in [3.05, 3.63) is 76.6 Å². The fourth-order valence-corrected chi connectivity index (χ4v) is 3.30. The highest BCUT2D eigenvalue weighted by Crippen LogP contribution is 2.24. The van der Waals surface area contributed by atoms with E-state index in [1.807, 2.05) is 49.3 Å². The summed E-state index contributed by atoms with van der Waals surface area (Å²) in [5, 5.41) is 11.8. The van der Waals surface area contributed by atoms with Crippen LogP contribution < -0.4 is 4.90 Å². The third kappa shape index (κ3) is 5.27. The van der Waals surface area contributed by atoms with Gasteiger partial charge in [0, 0.05) is 30.7 Å². The van der Waals surface area contributed by atoms with Crippen molar-refractivity contribution in [1.29, 1.82) is 5.26 Å². The number of esters is 1. The predicted octanol–water partition coefficient (Wildman–Crippen LogP) is 4.67. The van der Waals surface area contributed by atoms with Gasteiger partial charge in [0.1, 0.15) is 29.1 Å². The van der Waals surface area contributed by atoms with Gasteiger partial charge in [-0.15, -0.1) is 11.3 Å². The van der Waals surface area contributed by atoms with Crippen LogP contribution in [0.25, 0.3) is 16.6 Å². The summed E-state index contributed by atoms with van der Waals surface area (Å²) in [6, 6.07) is 15.4. The van der Waals surface area contributed by atoms with E-state index in [1.165, 1.54) is 29.5 Å². The Kier molecular flexibility index (Phi) is 6.37. The Morgan fingerprint density at radius 1 is 1.21 bits per heavy atom. The van der Waals surface area contributed by atoms with Crippen molar-refractivity contribution in [2.24, 2.45) is 0 Å². The van der Waals surface area contributed by atoms with Crippen LogP contribution in [-0.2, 0) is 16.1 Å². The Morgan fingerprint density at radius 3 is 2.52 bits per heavy atom. The lowest BCUT2D eigenvalue weighted by Crippen LogP contribution is -2.08. The minimum absolute atomic E-state index is 0.0465. The van der Waals surface area contributed by atoms with E-state index in [2.05, 4.69) is 4.98 Å². The molecule has 0 spiro atoms. The van der Waals surface area contributed by atoms with Gasteiger partial charge in [0.25, 0.3) is 0 Å². The molecule has 2 aromatic carbocycles. The van der Waals surface area contributed by atoms with Crippen LogP contribution in [0.1, 0.15) is 11.3 Å². The molecule has 0 saturated carbocycles. The lowest BCUT2D eigenvalue weighted by Gasteiger charge is -2.11. The Bertz CT molecular complexity index is 1060. The van der Waals surface area contributed by atoms with E-state index in [0.717, 1.165) is 16.8 Å². The number of carbonyl (C=O) groups excluding carboxylic acids is 1. The average Bonchev–Trinajstić information content (AvgIpc) is 3.20. The van der Waals surface area contributed by atoms with Crippen LogP contribution in [0.4, 0.5) is 10.1 Å². The van der Waals surface area contributed by atoms with Gasteiger partial charge < -0.3 is 9.64 Å². The lowest BCUT2D eigenvalue weighted by atomic mass is 10.1. The summed E-state index contributed by atoms with van der Waals surface area (Å²) in [5.41, 5.74) is 3.01. The summed E-state index contributed by atoms with van der Waals surface area (Å²) in [5.74, 6) is -1.02. The molecule has 0 N–H and O–H groups in total. The maximum Gasteiger partial charge on any atom is 0.349 e. The summed E-state index contributed by atoms with van der Waals surface area (Å²) in [6.45, 7) is -0.0465. The Balaban J connectivity index is 1.64. The number of benzene rings is 2. The molecule has 0 bridgehead atoms. The molecule has 1 heterocycles. The average molecular weight is 407 g/mol. The van der Waals surface area contributed by atoms with E-state index in [9.17, 15) is 14.4 Å². The van der Waals surface area contributed by atoms with Gasteiger partial charge in [0.2, 0.25) is 0 Å². The third-order valence-corrected chi connectivity index (χ3v) is 5.00. The monoisotopic (exact) mass is 407 g/mol. The highest BCUT2D eigenvalue weighted by atomic mass is 32.1. The number of nitriles is 1. The van der Waals surface area contributed by atoms with Gasteiger partial charge in [-0.3, -0.25) is 0 Å². The second-order valence-corrected chi connectivity index (χ2v) is 7.24. The van der Waals surface area contributed by atoms with Crippen molar-refractivity contribution in [2.45, 2.75) is 6.61 Å². The number of ether oxygens (including phenoxy) is 1. The summed E-state index contributed by atoms with van der Waals surface area (Å²) < 4.78 is 18.3. The molecule has 3 aromatic rings. The number of hydrogen-bond donors (Lipinski definition) is 0. The van der Waals surface area contributed by atoms with Crippen LogP contribution in [0.3, 0.4) is 0 Å². The first-order chi connectivity index (χ1) is 14.0. The van der Waals surface area contributed by atoms with Crippen LogP contribution in [0.15, 0.2) is 59.5 Å². The largest absolute Gasteiger partial charge is 0.455 e. The molecule has 0 aliphatic heterocycles. The normalized spacial score (nSPS) is 11.0. The third-order valence-electron chi connectivity index (χ3n) is 4.05. The summed E-state index contributed by atoms with van der Waals surface area (Å²) >= 11 is 1.37. The molecule has 0 aliphatic rings. The molecular weight excluding hydrogens is 389 g/mol. The maximum absolute atomic E-state index is 13.0. The van der Waals surface area contributed by atoms with Crippen molar-refractivity contribution < 1.29 is 13.9 Å². The zero-order chi connectivity index (χ0) is 20.8. The molecule has 1 aromatic heterocycles. The first kappa shape index (κ1) is 20.2. The van der Waals surface area contributed by atoms with Crippen molar-refractivity contribution in [1.82, 2.24) is 4.98 Å². The highest BCUT2D eigenvalue weighted by molar-refractivity contribution is 7.13. The predicted molar refractivity (Wildman–Crippen MR) is 112 cm³/mol. The second-order valence-electron chi connectivity index (χ2n) is 6.38. The number of halogens is 1. The molecular formula is C22H18FN3O2S. The van der Waals surface area contributed by atoms with Gasteiger partial charge in [-0.1, -0.05) is 12.1 Å². The standard InChI is InChI=1S/C22H18FN3O2S/c1-26(2)20-9-3-15(4-10-20)11-17(12-24)22(27)28-13-19-14-29-21(25-19)16-5-7-18(23)8-6-16/h3-11,14H,13H2,1-2H3. The number of hydrogen-bond acceptors (Lipinski definition) is 6. The van der Waals surface area contributed by atoms with Gasteiger partial charge in [-0.05, 0) is 48.0 Å². The number of nitrogens with zero attached hydrogens (tertiary/aromatic N) is 3. The molecule has 3 rings (SSSR count). The van der Waals surface area contributed by atoms with Gasteiger partial charge in [0.05, 0.1) is 5.69 Å². The van der Waals surface area contributed by atoms with Crippen molar-refractivity contribution in [2.75, 3.05) is 19.0 Å². The van der Waals surface area contributed by atoms with Crippen molar-refractivity contribution in [3.8, 4) is 16.6 Å².